The molecule has 4 N–H and O–H groups in total. The van der Waals surface area contributed by atoms with Crippen LogP contribution in [0.4, 0.5) is 0 Å². The molecule has 0 aliphatic heterocycles. The molecular weight excluding hydrogens is 208 g/mol. The van der Waals surface area contributed by atoms with Crippen molar-refractivity contribution < 1.29 is 14.7 Å². The maximum Gasteiger partial charge on any atom is 0.303 e. The van der Waals surface area contributed by atoms with Gasteiger partial charge in [-0.1, -0.05) is 19.8 Å². The van der Waals surface area contributed by atoms with E-state index in [1.165, 1.54) is 0 Å². The number of aliphatic carboxylic acids is 1. The van der Waals surface area contributed by atoms with Crippen molar-refractivity contribution in [2.45, 2.75) is 44.6 Å². The highest BCUT2D eigenvalue weighted by atomic mass is 16.4. The van der Waals surface area contributed by atoms with Crippen LogP contribution >= 0.6 is 0 Å². The quantitative estimate of drug-likeness (QED) is 0.638. The third-order valence-electron chi connectivity index (χ3n) is 3.08. The van der Waals surface area contributed by atoms with Gasteiger partial charge in [-0.15, -0.1) is 0 Å². The molecule has 0 aromatic carbocycles. The molecule has 0 saturated heterocycles. The molecule has 0 aromatic heterocycles. The third-order valence-corrected chi connectivity index (χ3v) is 3.08. The fraction of sp³-hybridized carbons (Fsp3) is 0.818. The van der Waals surface area contributed by atoms with Gasteiger partial charge in [0.2, 0.25) is 5.91 Å². The molecule has 1 aliphatic rings. The van der Waals surface area contributed by atoms with Gasteiger partial charge in [0.1, 0.15) is 0 Å². The predicted octanol–water partition coefficient (Wildman–Crippen LogP) is 0.485. The maximum atomic E-state index is 11.8. The van der Waals surface area contributed by atoms with E-state index in [9.17, 15) is 9.59 Å². The van der Waals surface area contributed by atoms with E-state index in [4.69, 9.17) is 10.8 Å². The average Bonchev–Trinajstić information content (AvgIpc) is 2.62. The van der Waals surface area contributed by atoms with Crippen LogP contribution in [-0.4, -0.2) is 29.1 Å². The van der Waals surface area contributed by atoms with Crippen LogP contribution in [0.2, 0.25) is 0 Å². The summed E-state index contributed by atoms with van der Waals surface area (Å²) in [6.45, 7) is 2.18. The number of carboxylic acids is 1. The summed E-state index contributed by atoms with van der Waals surface area (Å²) >= 11 is 0. The SMILES string of the molecule is CC(CNC(=O)C1(N)CCCC1)CC(=O)O. The lowest BCUT2D eigenvalue weighted by molar-refractivity contribution is -0.138. The molecule has 0 aromatic rings. The summed E-state index contributed by atoms with van der Waals surface area (Å²) in [6, 6.07) is 0. The van der Waals surface area contributed by atoms with E-state index in [0.29, 0.717) is 6.54 Å². The number of nitrogens with one attached hydrogen (secondary N) is 1. The first-order valence-corrected chi connectivity index (χ1v) is 5.73. The lowest BCUT2D eigenvalue weighted by Gasteiger charge is -2.23. The molecule has 5 heteroatoms. The Bertz CT molecular complexity index is 272. The lowest BCUT2D eigenvalue weighted by atomic mass is 9.97. The van der Waals surface area contributed by atoms with Crippen molar-refractivity contribution in [1.29, 1.82) is 0 Å². The minimum Gasteiger partial charge on any atom is -0.481 e. The predicted molar refractivity (Wildman–Crippen MR) is 59.8 cm³/mol. The van der Waals surface area contributed by atoms with E-state index in [1.54, 1.807) is 6.92 Å². The van der Waals surface area contributed by atoms with Gasteiger partial charge >= 0.3 is 5.97 Å². The van der Waals surface area contributed by atoms with E-state index >= 15 is 0 Å². The molecule has 5 nitrogen and oxygen atoms in total. The fourth-order valence-electron chi connectivity index (χ4n) is 2.05. The number of nitrogens with two attached hydrogens (primary N) is 1. The van der Waals surface area contributed by atoms with Crippen LogP contribution in [0.3, 0.4) is 0 Å². The fourth-order valence-corrected chi connectivity index (χ4v) is 2.05. The Balaban J connectivity index is 2.32. The zero-order chi connectivity index (χ0) is 12.2. The van der Waals surface area contributed by atoms with Crippen LogP contribution in [0, 0.1) is 5.92 Å². The van der Waals surface area contributed by atoms with Gasteiger partial charge in [0, 0.05) is 13.0 Å². The zero-order valence-electron chi connectivity index (χ0n) is 9.66. The second-order valence-electron chi connectivity index (χ2n) is 4.78. The minimum atomic E-state index is -0.843. The molecule has 0 radical (unpaired) electrons. The maximum absolute atomic E-state index is 11.8. The van der Waals surface area contributed by atoms with E-state index in [1.807, 2.05) is 0 Å². The van der Waals surface area contributed by atoms with Crippen LogP contribution in [-0.2, 0) is 9.59 Å². The third kappa shape index (κ3) is 3.48. The van der Waals surface area contributed by atoms with Gasteiger partial charge in [-0.05, 0) is 18.8 Å². The standard InChI is InChI=1S/C11H20N2O3/c1-8(6-9(14)15)7-13-10(16)11(12)4-2-3-5-11/h8H,2-7,12H2,1H3,(H,13,16)(H,14,15). The largest absolute Gasteiger partial charge is 0.481 e. The molecule has 1 unspecified atom stereocenters. The topological polar surface area (TPSA) is 92.4 Å². The summed E-state index contributed by atoms with van der Waals surface area (Å²) in [5.74, 6) is -1.04. The molecule has 0 heterocycles. The Morgan fingerprint density at radius 1 is 1.44 bits per heavy atom. The van der Waals surface area contributed by atoms with Crippen LogP contribution in [0.15, 0.2) is 0 Å². The van der Waals surface area contributed by atoms with Crippen LogP contribution in [0.25, 0.3) is 0 Å². The number of carbonyl (C=O) groups excluding carboxylic acids is 1. The second kappa shape index (κ2) is 5.30. The Hall–Kier alpha value is -1.10. The molecule has 1 rings (SSSR count). The van der Waals surface area contributed by atoms with Crippen LogP contribution in [0.5, 0.6) is 0 Å². The van der Waals surface area contributed by atoms with Crippen LogP contribution < -0.4 is 11.1 Å². The molecule has 1 amide bonds. The minimum absolute atomic E-state index is 0.0635. The zero-order valence-corrected chi connectivity index (χ0v) is 9.66. The van der Waals surface area contributed by atoms with Crippen LogP contribution in [0.1, 0.15) is 39.0 Å². The normalized spacial score (nSPS) is 20.4. The van der Waals surface area contributed by atoms with Crippen molar-refractivity contribution in [1.82, 2.24) is 5.32 Å². The monoisotopic (exact) mass is 228 g/mol. The molecule has 92 valence electrons. The van der Waals surface area contributed by atoms with Crippen molar-refractivity contribution >= 4 is 11.9 Å². The average molecular weight is 228 g/mol. The Kier molecular flexibility index (Phi) is 4.29. The summed E-state index contributed by atoms with van der Waals surface area (Å²) in [5, 5.41) is 11.3. The molecule has 1 aliphatic carbocycles. The summed E-state index contributed by atoms with van der Waals surface area (Å²) in [5.41, 5.74) is 5.24. The van der Waals surface area contributed by atoms with Crippen molar-refractivity contribution in [2.75, 3.05) is 6.54 Å². The second-order valence-corrected chi connectivity index (χ2v) is 4.78. The highest BCUT2D eigenvalue weighted by molar-refractivity contribution is 5.86. The highest BCUT2D eigenvalue weighted by Gasteiger charge is 2.36. The molecule has 0 bridgehead atoms. The molecule has 1 saturated carbocycles. The van der Waals surface area contributed by atoms with Gasteiger partial charge in [-0.2, -0.15) is 0 Å². The Labute approximate surface area is 95.4 Å². The number of hydrogen-bond acceptors (Lipinski definition) is 3. The number of amides is 1. The summed E-state index contributed by atoms with van der Waals surface area (Å²) in [6.07, 6.45) is 3.51. The molecule has 1 fully saturated rings. The lowest BCUT2D eigenvalue weighted by Crippen LogP contribution is -2.52. The molecule has 0 spiro atoms. The summed E-state index contributed by atoms with van der Waals surface area (Å²) < 4.78 is 0. The van der Waals surface area contributed by atoms with Gasteiger partial charge < -0.3 is 16.2 Å². The first-order chi connectivity index (χ1) is 7.44. The summed E-state index contributed by atoms with van der Waals surface area (Å²) in [7, 11) is 0. The van der Waals surface area contributed by atoms with Gasteiger partial charge in [0.15, 0.2) is 0 Å². The van der Waals surface area contributed by atoms with Crippen molar-refractivity contribution in [3.8, 4) is 0 Å². The van der Waals surface area contributed by atoms with Gasteiger partial charge in [0.05, 0.1) is 5.54 Å². The Morgan fingerprint density at radius 2 is 2.00 bits per heavy atom. The number of carboxylic acid groups (broad SMARTS) is 1. The van der Waals surface area contributed by atoms with E-state index in [0.717, 1.165) is 25.7 Å². The smallest absolute Gasteiger partial charge is 0.303 e. The molecule has 16 heavy (non-hydrogen) atoms. The highest BCUT2D eigenvalue weighted by Crippen LogP contribution is 2.27. The van der Waals surface area contributed by atoms with Crippen molar-refractivity contribution in [2.24, 2.45) is 11.7 Å². The van der Waals surface area contributed by atoms with Gasteiger partial charge in [0.25, 0.3) is 0 Å². The number of carbonyl (C=O) groups is 2. The van der Waals surface area contributed by atoms with Crippen molar-refractivity contribution in [3.63, 3.8) is 0 Å². The molecular formula is C11H20N2O3. The van der Waals surface area contributed by atoms with E-state index in [2.05, 4.69) is 5.32 Å². The van der Waals surface area contributed by atoms with E-state index in [-0.39, 0.29) is 18.2 Å². The molecule has 1 atom stereocenters. The van der Waals surface area contributed by atoms with Gasteiger partial charge in [-0.25, -0.2) is 0 Å². The number of rotatable bonds is 5. The first-order valence-electron chi connectivity index (χ1n) is 5.73. The van der Waals surface area contributed by atoms with E-state index < -0.39 is 11.5 Å². The van der Waals surface area contributed by atoms with Gasteiger partial charge in [-0.3, -0.25) is 9.59 Å². The Morgan fingerprint density at radius 3 is 2.50 bits per heavy atom. The summed E-state index contributed by atoms with van der Waals surface area (Å²) in [4.78, 5) is 22.2. The van der Waals surface area contributed by atoms with Crippen molar-refractivity contribution in [3.05, 3.63) is 0 Å². The number of hydrogen-bond donors (Lipinski definition) is 3. The first kappa shape index (κ1) is 13.0.